The molecule has 1 aliphatic heterocycles. The number of likely N-dealkylation sites (tertiary alicyclic amines) is 1. The van der Waals surface area contributed by atoms with Crippen LogP contribution in [-0.4, -0.2) is 36.2 Å². The van der Waals surface area contributed by atoms with Crippen LogP contribution in [0, 0.1) is 13.8 Å². The van der Waals surface area contributed by atoms with Crippen LogP contribution in [0.4, 0.5) is 0 Å². The third-order valence-corrected chi connectivity index (χ3v) is 6.31. The van der Waals surface area contributed by atoms with Crippen LogP contribution in [0.2, 0.25) is 0 Å². The van der Waals surface area contributed by atoms with Crippen LogP contribution in [-0.2, 0) is 19.7 Å². The third-order valence-electron chi connectivity index (χ3n) is 6.31. The third kappa shape index (κ3) is 5.97. The van der Waals surface area contributed by atoms with Crippen molar-refractivity contribution in [3.63, 3.8) is 0 Å². The highest BCUT2D eigenvalue weighted by Gasteiger charge is 2.15. The van der Waals surface area contributed by atoms with Gasteiger partial charge in [0.1, 0.15) is 12.4 Å². The van der Waals surface area contributed by atoms with E-state index in [-0.39, 0.29) is 5.91 Å². The molecule has 3 aromatic rings. The summed E-state index contributed by atoms with van der Waals surface area (Å²) in [6.45, 7) is 7.88. The molecule has 2 heterocycles. The largest absolute Gasteiger partial charge is 0.493 e. The predicted octanol–water partition coefficient (Wildman–Crippen LogP) is 4.79. The van der Waals surface area contributed by atoms with Crippen LogP contribution in [0.5, 0.6) is 11.5 Å². The topological polar surface area (TPSA) is 76.8 Å². The molecule has 0 bridgehead atoms. The van der Waals surface area contributed by atoms with Gasteiger partial charge in [-0.1, -0.05) is 35.8 Å². The van der Waals surface area contributed by atoms with E-state index in [0.29, 0.717) is 30.2 Å². The van der Waals surface area contributed by atoms with Crippen molar-refractivity contribution >= 4 is 5.91 Å². The van der Waals surface area contributed by atoms with Crippen molar-refractivity contribution in [3.8, 4) is 11.5 Å². The van der Waals surface area contributed by atoms with Crippen LogP contribution in [0.25, 0.3) is 0 Å². The highest BCUT2D eigenvalue weighted by atomic mass is 16.5. The maximum absolute atomic E-state index is 12.7. The van der Waals surface area contributed by atoms with E-state index in [9.17, 15) is 4.79 Å². The van der Waals surface area contributed by atoms with E-state index in [0.717, 1.165) is 29.1 Å². The summed E-state index contributed by atoms with van der Waals surface area (Å²) >= 11 is 0. The fraction of sp³-hybridized carbons (Fsp3) is 0.407. The number of amides is 1. The molecule has 4 rings (SSSR count). The van der Waals surface area contributed by atoms with Crippen molar-refractivity contribution < 1.29 is 18.8 Å². The number of carbonyl (C=O) groups excluding carboxylic acids is 1. The molecule has 1 N–H and O–H groups in total. The predicted molar refractivity (Wildman–Crippen MR) is 130 cm³/mol. The molecular weight excluding hydrogens is 430 g/mol. The minimum absolute atomic E-state index is 0.159. The number of carbonyl (C=O) groups is 1. The SMILES string of the molecule is COc1cc(C(=O)NCc2ccc(CN3CCCCC3)cc2)ccc1OCc1c(C)noc1C. The number of methoxy groups -OCH3 is 1. The Kier molecular flexibility index (Phi) is 7.85. The summed E-state index contributed by atoms with van der Waals surface area (Å²) in [6.07, 6.45) is 3.94. The highest BCUT2D eigenvalue weighted by molar-refractivity contribution is 5.94. The Bertz CT molecular complexity index is 1080. The van der Waals surface area contributed by atoms with Crippen molar-refractivity contribution in [2.45, 2.75) is 52.8 Å². The van der Waals surface area contributed by atoms with E-state index in [4.69, 9.17) is 14.0 Å². The van der Waals surface area contributed by atoms with Gasteiger partial charge in [0.2, 0.25) is 0 Å². The van der Waals surface area contributed by atoms with Crippen molar-refractivity contribution in [3.05, 3.63) is 76.2 Å². The van der Waals surface area contributed by atoms with Crippen molar-refractivity contribution in [1.29, 1.82) is 0 Å². The molecule has 0 atom stereocenters. The summed E-state index contributed by atoms with van der Waals surface area (Å²) in [5.41, 5.74) is 4.61. The van der Waals surface area contributed by atoms with Crippen molar-refractivity contribution in [2.75, 3.05) is 20.2 Å². The molecule has 2 aromatic carbocycles. The molecule has 7 heteroatoms. The van der Waals surface area contributed by atoms with E-state index >= 15 is 0 Å². The summed E-state index contributed by atoms with van der Waals surface area (Å²) < 4.78 is 16.5. The number of ether oxygens (including phenoxy) is 2. The van der Waals surface area contributed by atoms with Crippen LogP contribution in [0.1, 0.15) is 57.8 Å². The number of nitrogens with zero attached hydrogens (tertiary/aromatic N) is 2. The number of piperidine rings is 1. The number of hydrogen-bond acceptors (Lipinski definition) is 6. The normalized spacial score (nSPS) is 14.1. The molecule has 7 nitrogen and oxygen atoms in total. The molecule has 0 radical (unpaired) electrons. The lowest BCUT2D eigenvalue weighted by Gasteiger charge is -2.26. The number of aromatic nitrogens is 1. The zero-order valence-electron chi connectivity index (χ0n) is 20.2. The lowest BCUT2D eigenvalue weighted by Crippen LogP contribution is -2.29. The van der Waals surface area contributed by atoms with Gasteiger partial charge in [0, 0.05) is 18.7 Å². The van der Waals surface area contributed by atoms with Crippen molar-refractivity contribution in [1.82, 2.24) is 15.4 Å². The first kappa shape index (κ1) is 23.8. The van der Waals surface area contributed by atoms with Gasteiger partial charge in [-0.2, -0.15) is 0 Å². The van der Waals surface area contributed by atoms with Crippen LogP contribution >= 0.6 is 0 Å². The summed E-state index contributed by atoms with van der Waals surface area (Å²) in [5.74, 6) is 1.63. The lowest BCUT2D eigenvalue weighted by molar-refractivity contribution is 0.0950. The Morgan fingerprint density at radius 3 is 2.44 bits per heavy atom. The molecule has 0 aliphatic carbocycles. The number of benzene rings is 2. The standard InChI is InChI=1S/C27H33N3O4/c1-19-24(20(2)34-29-19)18-33-25-12-11-23(15-26(25)32-3)27(31)28-16-21-7-9-22(10-8-21)17-30-13-5-4-6-14-30/h7-12,15H,4-6,13-14,16-18H2,1-3H3,(H,28,31). The fourth-order valence-electron chi connectivity index (χ4n) is 4.21. The van der Waals surface area contributed by atoms with Gasteiger partial charge in [0.15, 0.2) is 11.5 Å². The Balaban J connectivity index is 1.31. The fourth-order valence-corrected chi connectivity index (χ4v) is 4.21. The number of aryl methyl sites for hydroxylation is 2. The molecule has 0 spiro atoms. The van der Waals surface area contributed by atoms with E-state index in [1.165, 1.54) is 37.9 Å². The first-order chi connectivity index (χ1) is 16.5. The van der Waals surface area contributed by atoms with Gasteiger partial charge in [-0.25, -0.2) is 0 Å². The minimum atomic E-state index is -0.159. The molecule has 1 fully saturated rings. The van der Waals surface area contributed by atoms with Gasteiger partial charge >= 0.3 is 0 Å². The number of hydrogen-bond donors (Lipinski definition) is 1. The Labute approximate surface area is 201 Å². The summed E-state index contributed by atoms with van der Waals surface area (Å²) in [4.78, 5) is 15.2. The maximum Gasteiger partial charge on any atom is 0.251 e. The van der Waals surface area contributed by atoms with Gasteiger partial charge in [-0.15, -0.1) is 0 Å². The monoisotopic (exact) mass is 463 g/mol. The second kappa shape index (κ2) is 11.2. The lowest BCUT2D eigenvalue weighted by atomic mass is 10.1. The van der Waals surface area contributed by atoms with Crippen LogP contribution in [0.3, 0.4) is 0 Å². The zero-order valence-corrected chi connectivity index (χ0v) is 20.2. The zero-order chi connectivity index (χ0) is 23.9. The summed E-state index contributed by atoms with van der Waals surface area (Å²) in [6, 6.07) is 13.7. The second-order valence-electron chi connectivity index (χ2n) is 8.79. The van der Waals surface area contributed by atoms with Gasteiger partial charge in [-0.3, -0.25) is 9.69 Å². The first-order valence-corrected chi connectivity index (χ1v) is 11.8. The average molecular weight is 464 g/mol. The smallest absolute Gasteiger partial charge is 0.251 e. The summed E-state index contributed by atoms with van der Waals surface area (Å²) in [7, 11) is 1.56. The molecular formula is C27H33N3O4. The van der Waals surface area contributed by atoms with Crippen LogP contribution in [0.15, 0.2) is 47.0 Å². The van der Waals surface area contributed by atoms with Crippen LogP contribution < -0.4 is 14.8 Å². The van der Waals surface area contributed by atoms with E-state index in [1.807, 2.05) is 13.8 Å². The molecule has 180 valence electrons. The van der Waals surface area contributed by atoms with E-state index in [2.05, 4.69) is 39.6 Å². The number of nitrogens with one attached hydrogen (secondary N) is 1. The molecule has 0 unspecified atom stereocenters. The average Bonchev–Trinajstić information content (AvgIpc) is 3.19. The number of rotatable bonds is 9. The second-order valence-corrected chi connectivity index (χ2v) is 8.79. The molecule has 0 saturated carbocycles. The maximum atomic E-state index is 12.7. The van der Waals surface area contributed by atoms with Gasteiger partial charge in [-0.05, 0) is 69.1 Å². The van der Waals surface area contributed by atoms with Gasteiger partial charge in [0.25, 0.3) is 5.91 Å². The Morgan fingerprint density at radius 1 is 1.03 bits per heavy atom. The molecule has 34 heavy (non-hydrogen) atoms. The van der Waals surface area contributed by atoms with Gasteiger partial charge < -0.3 is 19.3 Å². The Hall–Kier alpha value is -3.32. The van der Waals surface area contributed by atoms with Crippen molar-refractivity contribution in [2.24, 2.45) is 0 Å². The molecule has 1 saturated heterocycles. The quantitative estimate of drug-likeness (QED) is 0.491. The molecule has 1 aromatic heterocycles. The Morgan fingerprint density at radius 2 is 1.76 bits per heavy atom. The molecule has 1 amide bonds. The van der Waals surface area contributed by atoms with E-state index in [1.54, 1.807) is 25.3 Å². The highest BCUT2D eigenvalue weighted by Crippen LogP contribution is 2.29. The first-order valence-electron chi connectivity index (χ1n) is 11.8. The molecule has 1 aliphatic rings. The summed E-state index contributed by atoms with van der Waals surface area (Å²) in [5, 5.41) is 6.93. The minimum Gasteiger partial charge on any atom is -0.493 e. The van der Waals surface area contributed by atoms with E-state index < -0.39 is 0 Å². The van der Waals surface area contributed by atoms with Gasteiger partial charge in [0.05, 0.1) is 18.4 Å².